The van der Waals surface area contributed by atoms with Gasteiger partial charge in [-0.2, -0.15) is 5.10 Å². The molecule has 1 aliphatic rings. The monoisotopic (exact) mass is 323 g/mol. The lowest BCUT2D eigenvalue weighted by Crippen LogP contribution is -1.93. The molecule has 1 N–H and O–H groups in total. The number of imidazole rings is 1. The summed E-state index contributed by atoms with van der Waals surface area (Å²) >= 11 is 5.32. The summed E-state index contributed by atoms with van der Waals surface area (Å²) in [5, 5.41) is 4.41. The SMILES string of the molecule is S=c1[nH]c(-c2ccccc2)cn1/N=C/c1ccc2c(c1)OCO2. The molecular weight excluding hydrogens is 310 g/mol. The van der Waals surface area contributed by atoms with E-state index in [1.165, 1.54) is 0 Å². The Morgan fingerprint density at radius 1 is 1.09 bits per heavy atom. The molecule has 0 saturated heterocycles. The van der Waals surface area contributed by atoms with Crippen LogP contribution in [0, 0.1) is 4.77 Å². The van der Waals surface area contributed by atoms with Crippen LogP contribution in [0.4, 0.5) is 0 Å². The third-order valence-corrected chi connectivity index (χ3v) is 3.80. The zero-order chi connectivity index (χ0) is 15.6. The predicted molar refractivity (Wildman–Crippen MR) is 90.6 cm³/mol. The van der Waals surface area contributed by atoms with Crippen molar-refractivity contribution in [3.8, 4) is 22.8 Å². The van der Waals surface area contributed by atoms with Gasteiger partial charge in [-0.15, -0.1) is 0 Å². The second kappa shape index (κ2) is 5.73. The molecule has 1 aliphatic heterocycles. The van der Waals surface area contributed by atoms with Gasteiger partial charge in [0.05, 0.1) is 18.1 Å². The van der Waals surface area contributed by atoms with Crippen LogP contribution in [0.1, 0.15) is 5.56 Å². The normalized spacial score (nSPS) is 12.9. The second-order valence-corrected chi connectivity index (χ2v) is 5.43. The molecule has 4 rings (SSSR count). The van der Waals surface area contributed by atoms with Gasteiger partial charge in [0.2, 0.25) is 6.79 Å². The van der Waals surface area contributed by atoms with Gasteiger partial charge in [0.15, 0.2) is 16.3 Å². The van der Waals surface area contributed by atoms with E-state index in [0.29, 0.717) is 4.77 Å². The number of rotatable bonds is 3. The van der Waals surface area contributed by atoms with Crippen LogP contribution in [0.5, 0.6) is 11.5 Å². The molecule has 2 aromatic carbocycles. The smallest absolute Gasteiger partial charge is 0.231 e. The largest absolute Gasteiger partial charge is 0.454 e. The maximum absolute atomic E-state index is 5.36. The van der Waals surface area contributed by atoms with Crippen molar-refractivity contribution in [1.29, 1.82) is 0 Å². The van der Waals surface area contributed by atoms with Crippen LogP contribution in [0.2, 0.25) is 0 Å². The zero-order valence-electron chi connectivity index (χ0n) is 12.1. The Kier molecular flexibility index (Phi) is 3.44. The lowest BCUT2D eigenvalue weighted by Gasteiger charge is -1.97. The van der Waals surface area contributed by atoms with E-state index in [4.69, 9.17) is 21.7 Å². The fraction of sp³-hybridized carbons (Fsp3) is 0.0588. The number of aromatic amines is 1. The summed E-state index contributed by atoms with van der Waals surface area (Å²) in [5.41, 5.74) is 2.91. The summed E-state index contributed by atoms with van der Waals surface area (Å²) in [5.74, 6) is 1.49. The molecule has 0 spiro atoms. The molecule has 0 unspecified atom stereocenters. The van der Waals surface area contributed by atoms with Crippen molar-refractivity contribution in [1.82, 2.24) is 9.66 Å². The zero-order valence-corrected chi connectivity index (χ0v) is 12.9. The van der Waals surface area contributed by atoms with E-state index in [1.807, 2.05) is 54.7 Å². The number of aromatic nitrogens is 2. The molecule has 0 atom stereocenters. The number of H-pyrrole nitrogens is 1. The number of nitrogens with one attached hydrogen (secondary N) is 1. The first-order valence-corrected chi connectivity index (χ1v) is 7.51. The molecule has 114 valence electrons. The Labute approximate surface area is 137 Å². The highest BCUT2D eigenvalue weighted by atomic mass is 32.1. The quantitative estimate of drug-likeness (QED) is 0.589. The van der Waals surface area contributed by atoms with Gasteiger partial charge in [-0.3, -0.25) is 0 Å². The number of hydrogen-bond donors (Lipinski definition) is 1. The molecule has 0 radical (unpaired) electrons. The van der Waals surface area contributed by atoms with Gasteiger partial charge in [-0.25, -0.2) is 4.68 Å². The average Bonchev–Trinajstić information content (AvgIpc) is 3.19. The highest BCUT2D eigenvalue weighted by Gasteiger charge is 2.12. The summed E-state index contributed by atoms with van der Waals surface area (Å²) in [6.07, 6.45) is 3.61. The molecule has 6 heteroatoms. The van der Waals surface area contributed by atoms with Gasteiger partial charge in [0.25, 0.3) is 0 Å². The van der Waals surface area contributed by atoms with Crippen molar-refractivity contribution < 1.29 is 9.47 Å². The van der Waals surface area contributed by atoms with Crippen molar-refractivity contribution in [2.75, 3.05) is 6.79 Å². The lowest BCUT2D eigenvalue weighted by molar-refractivity contribution is 0.174. The van der Waals surface area contributed by atoms with E-state index in [0.717, 1.165) is 28.3 Å². The molecule has 0 bridgehead atoms. The standard InChI is InChI=1S/C17H13N3O2S/c23-17-19-14(13-4-2-1-3-5-13)10-20(17)18-9-12-6-7-15-16(8-12)22-11-21-15/h1-10H,11H2,(H,19,23)/b18-9+. The highest BCUT2D eigenvalue weighted by Crippen LogP contribution is 2.32. The Morgan fingerprint density at radius 3 is 2.78 bits per heavy atom. The molecule has 2 heterocycles. The van der Waals surface area contributed by atoms with Crippen LogP contribution in [0.3, 0.4) is 0 Å². The van der Waals surface area contributed by atoms with Crippen LogP contribution in [0.25, 0.3) is 11.3 Å². The van der Waals surface area contributed by atoms with Crippen molar-refractivity contribution in [2.45, 2.75) is 0 Å². The van der Waals surface area contributed by atoms with E-state index in [-0.39, 0.29) is 6.79 Å². The predicted octanol–water partition coefficient (Wildman–Crippen LogP) is 3.82. The van der Waals surface area contributed by atoms with Gasteiger partial charge < -0.3 is 14.5 Å². The maximum atomic E-state index is 5.36. The van der Waals surface area contributed by atoms with Crippen LogP contribution < -0.4 is 9.47 Å². The van der Waals surface area contributed by atoms with Gasteiger partial charge >= 0.3 is 0 Å². The molecule has 3 aromatic rings. The minimum absolute atomic E-state index is 0.263. The van der Waals surface area contributed by atoms with Crippen molar-refractivity contribution in [3.63, 3.8) is 0 Å². The Morgan fingerprint density at radius 2 is 1.91 bits per heavy atom. The molecule has 0 fully saturated rings. The maximum Gasteiger partial charge on any atom is 0.231 e. The molecular formula is C17H13N3O2S. The minimum Gasteiger partial charge on any atom is -0.454 e. The first-order chi connectivity index (χ1) is 11.3. The molecule has 1 aromatic heterocycles. The van der Waals surface area contributed by atoms with E-state index in [2.05, 4.69) is 10.1 Å². The van der Waals surface area contributed by atoms with Crippen LogP contribution in [0.15, 0.2) is 59.8 Å². The fourth-order valence-corrected chi connectivity index (χ4v) is 2.57. The number of fused-ring (bicyclic) bond motifs is 1. The number of hydrogen-bond acceptors (Lipinski definition) is 4. The van der Waals surface area contributed by atoms with Gasteiger partial charge in [-0.1, -0.05) is 30.3 Å². The first-order valence-electron chi connectivity index (χ1n) is 7.11. The Hall–Kier alpha value is -2.86. The van der Waals surface area contributed by atoms with Crippen LogP contribution in [-0.4, -0.2) is 22.7 Å². The number of ether oxygens (including phenoxy) is 2. The van der Waals surface area contributed by atoms with Crippen molar-refractivity contribution in [2.24, 2.45) is 5.10 Å². The third kappa shape index (κ3) is 2.76. The summed E-state index contributed by atoms with van der Waals surface area (Å²) in [6, 6.07) is 15.7. The van der Waals surface area contributed by atoms with E-state index >= 15 is 0 Å². The Bertz CT molecular complexity index is 929. The number of nitrogens with zero attached hydrogens (tertiary/aromatic N) is 2. The van der Waals surface area contributed by atoms with E-state index in [1.54, 1.807) is 10.9 Å². The Balaban J connectivity index is 1.62. The van der Waals surface area contributed by atoms with Crippen LogP contribution in [-0.2, 0) is 0 Å². The summed E-state index contributed by atoms with van der Waals surface area (Å²) in [6.45, 7) is 0.263. The average molecular weight is 323 g/mol. The minimum atomic E-state index is 0.263. The van der Waals surface area contributed by atoms with Crippen molar-refractivity contribution in [3.05, 3.63) is 65.1 Å². The fourth-order valence-electron chi connectivity index (χ4n) is 2.36. The van der Waals surface area contributed by atoms with Crippen molar-refractivity contribution >= 4 is 18.4 Å². The molecule has 0 amide bonds. The van der Waals surface area contributed by atoms with Gasteiger partial charge in [-0.05, 0) is 41.5 Å². The topological polar surface area (TPSA) is 51.5 Å². The molecule has 5 nitrogen and oxygen atoms in total. The van der Waals surface area contributed by atoms with E-state index in [9.17, 15) is 0 Å². The van der Waals surface area contributed by atoms with E-state index < -0.39 is 0 Å². The van der Waals surface area contributed by atoms with Gasteiger partial charge in [0, 0.05) is 0 Å². The second-order valence-electron chi connectivity index (χ2n) is 5.04. The third-order valence-electron chi connectivity index (χ3n) is 3.51. The molecule has 23 heavy (non-hydrogen) atoms. The molecule has 0 saturated carbocycles. The molecule has 0 aliphatic carbocycles. The van der Waals surface area contributed by atoms with Gasteiger partial charge in [0.1, 0.15) is 0 Å². The lowest BCUT2D eigenvalue weighted by atomic mass is 10.2. The first kappa shape index (κ1) is 13.8. The number of benzene rings is 2. The summed E-state index contributed by atoms with van der Waals surface area (Å²) in [7, 11) is 0. The summed E-state index contributed by atoms with van der Waals surface area (Å²) < 4.78 is 12.8. The van der Waals surface area contributed by atoms with Crippen LogP contribution >= 0.6 is 12.2 Å². The summed E-state index contributed by atoms with van der Waals surface area (Å²) in [4.78, 5) is 3.16. The highest BCUT2D eigenvalue weighted by molar-refractivity contribution is 7.71.